The number of hydrogen-bond acceptors (Lipinski definition) is 2. The van der Waals surface area contributed by atoms with Gasteiger partial charge in [-0.15, -0.1) is 0 Å². The molecule has 0 spiro atoms. The lowest BCUT2D eigenvalue weighted by molar-refractivity contribution is -0.0733. The number of hydroxylamine groups is 2. The smallest absolute Gasteiger partial charge is 0.126 e. The standard InChI is InChI=1S/C9H12FNO/c1-7-8(6-11(2)12)4-3-5-9(7)10/h3-5,12H,6H2,1-2H3. The minimum atomic E-state index is -0.227. The summed E-state index contributed by atoms with van der Waals surface area (Å²) in [6.07, 6.45) is 0. The van der Waals surface area contributed by atoms with Crippen molar-refractivity contribution in [1.29, 1.82) is 0 Å². The Bertz CT molecular complexity index is 273. The molecule has 0 aliphatic rings. The van der Waals surface area contributed by atoms with Gasteiger partial charge in [-0.3, -0.25) is 0 Å². The molecule has 0 aromatic heterocycles. The van der Waals surface area contributed by atoms with Crippen molar-refractivity contribution in [2.75, 3.05) is 7.05 Å². The highest BCUT2D eigenvalue weighted by molar-refractivity contribution is 5.26. The van der Waals surface area contributed by atoms with E-state index < -0.39 is 0 Å². The molecule has 0 radical (unpaired) electrons. The Hall–Kier alpha value is -0.930. The van der Waals surface area contributed by atoms with Gasteiger partial charge in [0, 0.05) is 13.6 Å². The molecule has 1 aromatic carbocycles. The number of hydrogen-bond donors (Lipinski definition) is 1. The van der Waals surface area contributed by atoms with Crippen LogP contribution in [0.5, 0.6) is 0 Å². The lowest BCUT2D eigenvalue weighted by Gasteiger charge is -2.10. The van der Waals surface area contributed by atoms with E-state index in [1.807, 2.05) is 0 Å². The molecule has 1 aromatic rings. The molecule has 1 rings (SSSR count). The minimum Gasteiger partial charge on any atom is -0.314 e. The monoisotopic (exact) mass is 169 g/mol. The third-order valence-corrected chi connectivity index (χ3v) is 1.78. The Kier molecular flexibility index (Phi) is 2.78. The molecule has 2 nitrogen and oxygen atoms in total. The second-order valence-electron chi connectivity index (χ2n) is 2.84. The highest BCUT2D eigenvalue weighted by atomic mass is 19.1. The van der Waals surface area contributed by atoms with E-state index in [1.54, 1.807) is 19.1 Å². The number of halogens is 1. The second-order valence-corrected chi connectivity index (χ2v) is 2.84. The highest BCUT2D eigenvalue weighted by Crippen LogP contribution is 2.12. The molecule has 0 atom stereocenters. The van der Waals surface area contributed by atoms with Gasteiger partial charge in [-0.25, -0.2) is 4.39 Å². The van der Waals surface area contributed by atoms with Crippen LogP contribution in [0.4, 0.5) is 4.39 Å². The molecule has 0 saturated heterocycles. The van der Waals surface area contributed by atoms with Crippen LogP contribution in [0.1, 0.15) is 11.1 Å². The van der Waals surface area contributed by atoms with E-state index in [9.17, 15) is 4.39 Å². The largest absolute Gasteiger partial charge is 0.314 e. The Morgan fingerprint density at radius 1 is 1.50 bits per heavy atom. The molecule has 3 heteroatoms. The SMILES string of the molecule is Cc1c(F)cccc1CN(C)O. The summed E-state index contributed by atoms with van der Waals surface area (Å²) in [7, 11) is 1.53. The van der Waals surface area contributed by atoms with Crippen molar-refractivity contribution in [3.05, 3.63) is 35.1 Å². The Morgan fingerprint density at radius 2 is 2.17 bits per heavy atom. The van der Waals surface area contributed by atoms with Gasteiger partial charge >= 0.3 is 0 Å². The molecule has 0 amide bonds. The molecule has 0 aliphatic carbocycles. The van der Waals surface area contributed by atoms with Crippen LogP contribution in [0.3, 0.4) is 0 Å². The highest BCUT2D eigenvalue weighted by Gasteiger charge is 2.03. The molecule has 0 heterocycles. The Balaban J connectivity index is 2.92. The predicted octanol–water partition coefficient (Wildman–Crippen LogP) is 1.96. The molecule has 0 bridgehead atoms. The van der Waals surface area contributed by atoms with Crippen molar-refractivity contribution in [2.45, 2.75) is 13.5 Å². The fourth-order valence-corrected chi connectivity index (χ4v) is 1.07. The molecule has 0 aliphatic heterocycles. The van der Waals surface area contributed by atoms with Gasteiger partial charge in [0.15, 0.2) is 0 Å². The van der Waals surface area contributed by atoms with Gasteiger partial charge in [-0.05, 0) is 24.1 Å². The first-order valence-corrected chi connectivity index (χ1v) is 3.75. The van der Waals surface area contributed by atoms with Crippen LogP contribution in [0.15, 0.2) is 18.2 Å². The van der Waals surface area contributed by atoms with Gasteiger partial charge < -0.3 is 5.21 Å². The first-order valence-electron chi connectivity index (χ1n) is 3.75. The third kappa shape index (κ3) is 2.03. The lowest BCUT2D eigenvalue weighted by atomic mass is 10.1. The van der Waals surface area contributed by atoms with Crippen LogP contribution in [0.25, 0.3) is 0 Å². The predicted molar refractivity (Wildman–Crippen MR) is 44.4 cm³/mol. The maximum Gasteiger partial charge on any atom is 0.126 e. The van der Waals surface area contributed by atoms with E-state index in [0.29, 0.717) is 12.1 Å². The average molecular weight is 169 g/mol. The van der Waals surface area contributed by atoms with Gasteiger partial charge in [0.1, 0.15) is 5.82 Å². The van der Waals surface area contributed by atoms with E-state index >= 15 is 0 Å². The van der Waals surface area contributed by atoms with Crippen LogP contribution >= 0.6 is 0 Å². The van der Waals surface area contributed by atoms with Crippen LogP contribution < -0.4 is 0 Å². The molecule has 1 N–H and O–H groups in total. The number of nitrogens with zero attached hydrogens (tertiary/aromatic N) is 1. The van der Waals surface area contributed by atoms with Gasteiger partial charge in [0.25, 0.3) is 0 Å². The summed E-state index contributed by atoms with van der Waals surface area (Å²) in [5, 5.41) is 9.96. The Labute approximate surface area is 71.2 Å². The second kappa shape index (κ2) is 3.65. The van der Waals surface area contributed by atoms with Crippen molar-refractivity contribution in [3.63, 3.8) is 0 Å². The minimum absolute atomic E-state index is 0.227. The quantitative estimate of drug-likeness (QED) is 0.684. The molecular weight excluding hydrogens is 157 g/mol. The van der Waals surface area contributed by atoms with E-state index in [-0.39, 0.29) is 5.82 Å². The summed E-state index contributed by atoms with van der Waals surface area (Å²) in [6, 6.07) is 4.85. The van der Waals surface area contributed by atoms with E-state index in [1.165, 1.54) is 13.1 Å². The normalized spacial score (nSPS) is 10.8. The number of benzene rings is 1. The zero-order chi connectivity index (χ0) is 9.14. The lowest BCUT2D eigenvalue weighted by Crippen LogP contribution is -2.12. The average Bonchev–Trinajstić information content (AvgIpc) is 1.98. The fourth-order valence-electron chi connectivity index (χ4n) is 1.07. The molecule has 66 valence electrons. The zero-order valence-electron chi connectivity index (χ0n) is 7.21. The summed E-state index contributed by atoms with van der Waals surface area (Å²) < 4.78 is 12.9. The Morgan fingerprint density at radius 3 is 2.75 bits per heavy atom. The molecule has 0 fully saturated rings. The van der Waals surface area contributed by atoms with Gasteiger partial charge in [0.05, 0.1) is 0 Å². The van der Waals surface area contributed by atoms with Crippen molar-refractivity contribution in [3.8, 4) is 0 Å². The van der Waals surface area contributed by atoms with Crippen LogP contribution in [0, 0.1) is 12.7 Å². The fraction of sp³-hybridized carbons (Fsp3) is 0.333. The third-order valence-electron chi connectivity index (χ3n) is 1.78. The van der Waals surface area contributed by atoms with Crippen molar-refractivity contribution in [2.24, 2.45) is 0 Å². The maximum atomic E-state index is 12.9. The summed E-state index contributed by atoms with van der Waals surface area (Å²) in [6.45, 7) is 2.05. The molecule has 0 unspecified atom stereocenters. The van der Waals surface area contributed by atoms with Gasteiger partial charge in [0.2, 0.25) is 0 Å². The van der Waals surface area contributed by atoms with Crippen molar-refractivity contribution >= 4 is 0 Å². The molecule has 12 heavy (non-hydrogen) atoms. The summed E-state index contributed by atoms with van der Waals surface area (Å²) in [5.41, 5.74) is 1.40. The van der Waals surface area contributed by atoms with Gasteiger partial charge in [-0.1, -0.05) is 12.1 Å². The van der Waals surface area contributed by atoms with Crippen molar-refractivity contribution < 1.29 is 9.60 Å². The summed E-state index contributed by atoms with van der Waals surface area (Å²) in [5.74, 6) is -0.227. The summed E-state index contributed by atoms with van der Waals surface area (Å²) >= 11 is 0. The first-order chi connectivity index (χ1) is 5.61. The van der Waals surface area contributed by atoms with Crippen LogP contribution in [-0.4, -0.2) is 17.3 Å². The van der Waals surface area contributed by atoms with E-state index in [2.05, 4.69) is 0 Å². The molecule has 0 saturated carbocycles. The maximum absolute atomic E-state index is 12.9. The number of rotatable bonds is 2. The van der Waals surface area contributed by atoms with Crippen molar-refractivity contribution in [1.82, 2.24) is 5.06 Å². The van der Waals surface area contributed by atoms with E-state index in [0.717, 1.165) is 10.6 Å². The topological polar surface area (TPSA) is 23.5 Å². The van der Waals surface area contributed by atoms with Crippen LogP contribution in [-0.2, 0) is 6.54 Å². The first kappa shape index (κ1) is 9.16. The van der Waals surface area contributed by atoms with E-state index in [4.69, 9.17) is 5.21 Å². The van der Waals surface area contributed by atoms with Crippen LogP contribution in [0.2, 0.25) is 0 Å². The molecular formula is C9H12FNO. The van der Waals surface area contributed by atoms with Gasteiger partial charge in [-0.2, -0.15) is 5.06 Å². The zero-order valence-corrected chi connectivity index (χ0v) is 7.21. The summed E-state index contributed by atoms with van der Waals surface area (Å²) in [4.78, 5) is 0.